The fraction of sp³-hybridized carbons (Fsp3) is 0.708. The maximum Gasteiger partial charge on any atom is 0.191 e. The minimum absolute atomic E-state index is 0. The lowest BCUT2D eigenvalue weighted by atomic mass is 9.97. The van der Waals surface area contributed by atoms with Crippen LogP contribution in [0, 0.1) is 12.8 Å². The minimum Gasteiger partial charge on any atom is -0.488 e. The van der Waals surface area contributed by atoms with Crippen LogP contribution in [0.4, 0.5) is 0 Å². The van der Waals surface area contributed by atoms with Gasteiger partial charge in [0.15, 0.2) is 5.96 Å². The highest BCUT2D eigenvalue weighted by Gasteiger charge is 2.20. The summed E-state index contributed by atoms with van der Waals surface area (Å²) in [6, 6.07) is 6.37. The molecule has 1 aromatic carbocycles. The van der Waals surface area contributed by atoms with Crippen molar-refractivity contribution in [3.05, 3.63) is 29.3 Å². The van der Waals surface area contributed by atoms with Gasteiger partial charge < -0.3 is 29.7 Å². The van der Waals surface area contributed by atoms with Gasteiger partial charge in [0.25, 0.3) is 0 Å². The van der Waals surface area contributed by atoms with Gasteiger partial charge in [0.05, 0.1) is 26.4 Å². The van der Waals surface area contributed by atoms with Gasteiger partial charge in [0.1, 0.15) is 11.9 Å². The van der Waals surface area contributed by atoms with Crippen LogP contribution in [0.5, 0.6) is 5.75 Å². The number of piperidine rings is 1. The van der Waals surface area contributed by atoms with Gasteiger partial charge in [-0.05, 0) is 57.3 Å². The van der Waals surface area contributed by atoms with Crippen LogP contribution in [-0.2, 0) is 16.0 Å². The van der Waals surface area contributed by atoms with E-state index in [-0.39, 0.29) is 30.1 Å². The van der Waals surface area contributed by atoms with E-state index in [2.05, 4.69) is 47.6 Å². The summed E-state index contributed by atoms with van der Waals surface area (Å²) >= 11 is 0. The number of guanidine groups is 1. The second-order valence-electron chi connectivity index (χ2n) is 8.57. The van der Waals surface area contributed by atoms with E-state index in [1.165, 1.54) is 18.4 Å². The second-order valence-corrected chi connectivity index (χ2v) is 8.57. The molecule has 182 valence electrons. The molecule has 32 heavy (non-hydrogen) atoms. The van der Waals surface area contributed by atoms with Crippen molar-refractivity contribution in [2.24, 2.45) is 10.9 Å². The number of nitrogens with one attached hydrogen (secondary N) is 2. The zero-order valence-corrected chi connectivity index (χ0v) is 22.2. The maximum absolute atomic E-state index is 6.22. The Balaban J connectivity index is 0.00000363. The Morgan fingerprint density at radius 1 is 1.22 bits per heavy atom. The number of halogens is 1. The Kier molecular flexibility index (Phi) is 12.7. The molecule has 0 amide bonds. The molecule has 0 saturated carbocycles. The summed E-state index contributed by atoms with van der Waals surface area (Å²) in [5.74, 6) is 2.49. The lowest BCUT2D eigenvalue weighted by Crippen LogP contribution is -2.43. The summed E-state index contributed by atoms with van der Waals surface area (Å²) in [5, 5.41) is 6.94. The Hall–Kier alpha value is -1.10. The van der Waals surface area contributed by atoms with Crippen LogP contribution in [-0.4, -0.2) is 76.6 Å². The van der Waals surface area contributed by atoms with Gasteiger partial charge in [-0.2, -0.15) is 0 Å². The molecule has 2 aliphatic rings. The molecule has 2 heterocycles. The van der Waals surface area contributed by atoms with Gasteiger partial charge in [-0.25, -0.2) is 4.99 Å². The minimum atomic E-state index is 0. The SMILES string of the molecule is CCNC(=NCc1ccc(C)cc1OC1CCOC1)NCC1CCN(CCOC)CC1.I. The van der Waals surface area contributed by atoms with Crippen molar-refractivity contribution in [1.82, 2.24) is 15.5 Å². The van der Waals surface area contributed by atoms with Crippen LogP contribution in [0.3, 0.4) is 0 Å². The van der Waals surface area contributed by atoms with Crippen molar-refractivity contribution in [2.75, 3.05) is 59.7 Å². The van der Waals surface area contributed by atoms with E-state index in [4.69, 9.17) is 19.2 Å². The first-order valence-electron chi connectivity index (χ1n) is 11.7. The molecule has 2 N–H and O–H groups in total. The number of hydrogen-bond acceptors (Lipinski definition) is 5. The lowest BCUT2D eigenvalue weighted by molar-refractivity contribution is 0.121. The van der Waals surface area contributed by atoms with Crippen LogP contribution in [0.1, 0.15) is 37.3 Å². The number of ether oxygens (including phenoxy) is 3. The van der Waals surface area contributed by atoms with Crippen LogP contribution >= 0.6 is 24.0 Å². The van der Waals surface area contributed by atoms with Crippen LogP contribution in [0.2, 0.25) is 0 Å². The standard InChI is InChI=1S/C24H40N4O3.HI/c1-4-25-24(26-16-20-7-10-28(11-8-20)12-14-29-3)27-17-21-6-5-19(2)15-23(21)31-22-9-13-30-18-22;/h5-6,15,20,22H,4,7-14,16-18H2,1-3H3,(H2,25,26,27);1H. The third-order valence-electron chi connectivity index (χ3n) is 6.03. The van der Waals surface area contributed by atoms with Crippen molar-refractivity contribution in [2.45, 2.75) is 45.8 Å². The van der Waals surface area contributed by atoms with Crippen LogP contribution in [0.25, 0.3) is 0 Å². The van der Waals surface area contributed by atoms with Crippen molar-refractivity contribution < 1.29 is 14.2 Å². The number of aliphatic imine (C=N–C) groups is 1. The molecule has 0 aliphatic carbocycles. The van der Waals surface area contributed by atoms with Crippen LogP contribution in [0.15, 0.2) is 23.2 Å². The first kappa shape index (κ1) is 27.1. The summed E-state index contributed by atoms with van der Waals surface area (Å²) in [4.78, 5) is 7.34. The number of aryl methyl sites for hydroxylation is 1. The third kappa shape index (κ3) is 9.03. The van der Waals surface area contributed by atoms with E-state index in [0.717, 1.165) is 69.6 Å². The molecule has 3 rings (SSSR count). The zero-order valence-electron chi connectivity index (χ0n) is 19.9. The molecule has 0 bridgehead atoms. The first-order valence-corrected chi connectivity index (χ1v) is 11.7. The van der Waals surface area contributed by atoms with Gasteiger partial charge >= 0.3 is 0 Å². The highest BCUT2D eigenvalue weighted by Crippen LogP contribution is 2.24. The van der Waals surface area contributed by atoms with E-state index < -0.39 is 0 Å². The number of nitrogens with zero attached hydrogens (tertiary/aromatic N) is 2. The smallest absolute Gasteiger partial charge is 0.191 e. The normalized spacial score (nSPS) is 20.1. The third-order valence-corrected chi connectivity index (χ3v) is 6.03. The van der Waals surface area contributed by atoms with Crippen molar-refractivity contribution in [1.29, 1.82) is 0 Å². The molecule has 1 atom stereocenters. The number of hydrogen-bond donors (Lipinski definition) is 2. The van der Waals surface area contributed by atoms with Gasteiger partial charge in [-0.15, -0.1) is 24.0 Å². The molecular formula is C24H41IN4O3. The molecule has 0 aromatic heterocycles. The number of methoxy groups -OCH3 is 1. The molecule has 1 unspecified atom stereocenters. The molecule has 8 heteroatoms. The van der Waals surface area contributed by atoms with E-state index in [9.17, 15) is 0 Å². The summed E-state index contributed by atoms with van der Waals surface area (Å²) in [6.07, 6.45) is 3.53. The predicted octanol–water partition coefficient (Wildman–Crippen LogP) is 3.19. The summed E-state index contributed by atoms with van der Waals surface area (Å²) in [7, 11) is 1.77. The Morgan fingerprint density at radius 2 is 2.03 bits per heavy atom. The van der Waals surface area contributed by atoms with Gasteiger partial charge in [-0.3, -0.25) is 0 Å². The van der Waals surface area contributed by atoms with Crippen molar-refractivity contribution in [3.8, 4) is 5.75 Å². The van der Waals surface area contributed by atoms with Gasteiger partial charge in [0, 0.05) is 38.7 Å². The predicted molar refractivity (Wildman–Crippen MR) is 140 cm³/mol. The highest BCUT2D eigenvalue weighted by atomic mass is 127. The molecule has 2 saturated heterocycles. The number of benzene rings is 1. The first-order chi connectivity index (χ1) is 15.2. The lowest BCUT2D eigenvalue weighted by Gasteiger charge is -2.32. The molecular weight excluding hydrogens is 519 g/mol. The molecule has 1 aromatic rings. The Bertz CT molecular complexity index is 690. The van der Waals surface area contributed by atoms with Gasteiger partial charge in [-0.1, -0.05) is 12.1 Å². The van der Waals surface area contributed by atoms with Crippen LogP contribution < -0.4 is 15.4 Å². The number of likely N-dealkylation sites (tertiary alicyclic amines) is 1. The molecule has 2 aliphatic heterocycles. The topological polar surface area (TPSA) is 67.4 Å². The van der Waals surface area contributed by atoms with E-state index in [1.807, 2.05) is 0 Å². The van der Waals surface area contributed by atoms with E-state index in [1.54, 1.807) is 7.11 Å². The molecule has 0 spiro atoms. The van der Waals surface area contributed by atoms with Crippen molar-refractivity contribution >= 4 is 29.9 Å². The average Bonchev–Trinajstić information content (AvgIpc) is 3.29. The average molecular weight is 561 g/mol. The second kappa shape index (κ2) is 14.9. The largest absolute Gasteiger partial charge is 0.488 e. The summed E-state index contributed by atoms with van der Waals surface area (Å²) < 4.78 is 16.9. The maximum atomic E-state index is 6.22. The monoisotopic (exact) mass is 560 g/mol. The Morgan fingerprint density at radius 3 is 2.72 bits per heavy atom. The molecule has 7 nitrogen and oxygen atoms in total. The van der Waals surface area contributed by atoms with Crippen molar-refractivity contribution in [3.63, 3.8) is 0 Å². The van der Waals surface area contributed by atoms with Gasteiger partial charge in [0.2, 0.25) is 0 Å². The summed E-state index contributed by atoms with van der Waals surface area (Å²) in [5.41, 5.74) is 2.31. The molecule has 2 fully saturated rings. The van der Waals surface area contributed by atoms with E-state index >= 15 is 0 Å². The quantitative estimate of drug-likeness (QED) is 0.261. The molecule has 0 radical (unpaired) electrons. The number of rotatable bonds is 10. The summed E-state index contributed by atoms with van der Waals surface area (Å²) in [6.45, 7) is 12.2. The Labute approximate surface area is 210 Å². The fourth-order valence-electron chi connectivity index (χ4n) is 4.07. The highest BCUT2D eigenvalue weighted by molar-refractivity contribution is 14.0. The fourth-order valence-corrected chi connectivity index (χ4v) is 4.07. The zero-order chi connectivity index (χ0) is 21.9. The van der Waals surface area contributed by atoms with E-state index in [0.29, 0.717) is 19.1 Å².